The number of benzene rings is 17. The number of para-hydroxylation sites is 8. The molecule has 0 saturated carbocycles. The van der Waals surface area contributed by atoms with Gasteiger partial charge in [0.25, 0.3) is 0 Å². The van der Waals surface area contributed by atoms with Crippen LogP contribution >= 0.6 is 0 Å². The Bertz CT molecular complexity index is 7620. The van der Waals surface area contributed by atoms with Crippen molar-refractivity contribution in [2.45, 2.75) is 0 Å². The molecular weight excluding hydrogens is 1340 g/mol. The predicted molar refractivity (Wildman–Crippen MR) is 459 cm³/mol. The van der Waals surface area contributed by atoms with E-state index in [9.17, 15) is 0 Å². The van der Waals surface area contributed by atoms with Crippen molar-refractivity contribution >= 4 is 131 Å². The van der Waals surface area contributed by atoms with Crippen molar-refractivity contribution in [2.75, 3.05) is 0 Å². The predicted octanol–water partition coefficient (Wildman–Crippen LogP) is 26.3. The van der Waals surface area contributed by atoms with Crippen molar-refractivity contribution in [2.24, 2.45) is 0 Å². The van der Waals surface area contributed by atoms with Crippen LogP contribution in [0.3, 0.4) is 0 Å². The van der Waals surface area contributed by atoms with Crippen LogP contribution in [-0.4, -0.2) is 38.2 Å². The van der Waals surface area contributed by atoms with Crippen molar-refractivity contribution in [1.29, 1.82) is 0 Å². The summed E-state index contributed by atoms with van der Waals surface area (Å²) in [6, 6.07) is 139. The molecule has 0 N–H and O–H groups in total. The summed E-state index contributed by atoms with van der Waals surface area (Å²) >= 11 is 0. The van der Waals surface area contributed by atoms with Crippen LogP contribution in [0.2, 0.25) is 0 Å². The van der Waals surface area contributed by atoms with Gasteiger partial charge >= 0.3 is 0 Å². The molecule has 8 heteroatoms. The molecule has 512 valence electrons. The Hall–Kier alpha value is -14.9. The fourth-order valence-corrected chi connectivity index (χ4v) is 17.2. The van der Waals surface area contributed by atoms with Gasteiger partial charge in [0.1, 0.15) is 0 Å². The third-order valence-corrected chi connectivity index (χ3v) is 22.2. The Morgan fingerprint density at radius 1 is 0.164 bits per heavy atom. The zero-order chi connectivity index (χ0) is 72.3. The fraction of sp³-hybridized carbons (Fsp3) is 0. The highest BCUT2D eigenvalue weighted by molar-refractivity contribution is 6.24. The molecule has 0 spiro atoms. The van der Waals surface area contributed by atoms with E-state index in [0.29, 0.717) is 11.9 Å². The Balaban J connectivity index is 0.000000136. The summed E-state index contributed by atoms with van der Waals surface area (Å²) in [7, 11) is 0. The molecule has 6 heterocycles. The minimum Gasteiger partial charge on any atom is -0.309 e. The fourth-order valence-electron chi connectivity index (χ4n) is 17.2. The number of rotatable bonds is 9. The molecule has 23 rings (SSSR count). The maximum Gasteiger partial charge on any atom is 0.235 e. The van der Waals surface area contributed by atoms with Crippen molar-refractivity contribution in [1.82, 2.24) is 38.2 Å². The van der Waals surface area contributed by atoms with Crippen LogP contribution in [-0.2, 0) is 0 Å². The second-order valence-electron chi connectivity index (χ2n) is 28.4. The Kier molecular flexibility index (Phi) is 14.5. The molecule has 110 heavy (non-hydrogen) atoms. The van der Waals surface area contributed by atoms with Crippen molar-refractivity contribution in [3.05, 3.63) is 388 Å². The molecule has 8 nitrogen and oxygen atoms in total. The Labute approximate surface area is 632 Å². The molecule has 23 aromatic rings. The first kappa shape index (κ1) is 62.5. The zero-order valence-corrected chi connectivity index (χ0v) is 59.5. The number of hydrogen-bond acceptors (Lipinski definition) is 4. The summed E-state index contributed by atoms with van der Waals surface area (Å²) in [6.07, 6.45) is 0. The van der Waals surface area contributed by atoms with E-state index >= 15 is 0 Å². The van der Waals surface area contributed by atoms with Crippen molar-refractivity contribution < 1.29 is 0 Å². The number of aromatic nitrogens is 8. The van der Waals surface area contributed by atoms with E-state index in [0.717, 1.165) is 77.8 Å². The van der Waals surface area contributed by atoms with Gasteiger partial charge in [0, 0.05) is 76.4 Å². The zero-order valence-electron chi connectivity index (χ0n) is 59.5. The highest BCUT2D eigenvalue weighted by Crippen LogP contribution is 2.44. The number of fused-ring (bicyclic) bond motifs is 18. The lowest BCUT2D eigenvalue weighted by Gasteiger charge is -2.12. The first-order chi connectivity index (χ1) is 54.6. The van der Waals surface area contributed by atoms with E-state index in [4.69, 9.17) is 19.9 Å². The van der Waals surface area contributed by atoms with Gasteiger partial charge in [-0.3, -0.25) is 9.13 Å². The molecular formula is C102H64N8. The van der Waals surface area contributed by atoms with E-state index in [1.54, 1.807) is 0 Å². The highest BCUT2D eigenvalue weighted by atomic mass is 15.2. The van der Waals surface area contributed by atoms with Gasteiger partial charge < -0.3 is 9.13 Å². The van der Waals surface area contributed by atoms with E-state index in [2.05, 4.69) is 394 Å². The molecule has 0 aliphatic heterocycles. The molecule has 0 aliphatic carbocycles. The summed E-state index contributed by atoms with van der Waals surface area (Å²) in [5, 5.41) is 16.6. The van der Waals surface area contributed by atoms with Crippen LogP contribution in [0.25, 0.3) is 210 Å². The minimum atomic E-state index is 0.655. The molecule has 0 unspecified atom stereocenters. The van der Waals surface area contributed by atoms with Crippen LogP contribution in [0.4, 0.5) is 0 Å². The van der Waals surface area contributed by atoms with Crippen LogP contribution in [0.1, 0.15) is 0 Å². The second-order valence-corrected chi connectivity index (χ2v) is 28.4. The molecule has 6 aromatic heterocycles. The van der Waals surface area contributed by atoms with Gasteiger partial charge in [-0.15, -0.1) is 0 Å². The average molecular weight is 1400 g/mol. The van der Waals surface area contributed by atoms with E-state index < -0.39 is 0 Å². The monoisotopic (exact) mass is 1400 g/mol. The Morgan fingerprint density at radius 3 is 0.882 bits per heavy atom. The maximum absolute atomic E-state index is 5.39. The molecule has 0 bridgehead atoms. The summed E-state index contributed by atoms with van der Waals surface area (Å²) in [5.41, 5.74) is 24.4. The first-order valence-electron chi connectivity index (χ1n) is 37.4. The van der Waals surface area contributed by atoms with Gasteiger partial charge in [-0.05, 0) is 164 Å². The second kappa shape index (κ2) is 25.4. The highest BCUT2D eigenvalue weighted by Gasteiger charge is 2.24. The SMILES string of the molecule is c1ccc(-c2ccc(-c3nc(-n4c5ccccc5c5c6cc(-c7ccc8c(c7)c7ccccc7n8-c7ccccc7)ccc6ccc54)nc4ccccc34)cc2)cc1.c1ccc(-c2nc(-n3c4ccccc4c4c5cc(-c6ccc7c(c6)c6ccccc6n7-c6ccccc6)ccc5ccc43)nc3ccccc23)cc1. The van der Waals surface area contributed by atoms with Gasteiger partial charge in [0.05, 0.1) is 66.6 Å². The molecule has 0 atom stereocenters. The lowest BCUT2D eigenvalue weighted by molar-refractivity contribution is 1.01. The molecule has 17 aromatic carbocycles. The van der Waals surface area contributed by atoms with Gasteiger partial charge in [0.2, 0.25) is 11.9 Å². The third-order valence-electron chi connectivity index (χ3n) is 22.2. The molecule has 0 radical (unpaired) electrons. The lowest BCUT2D eigenvalue weighted by Crippen LogP contribution is -2.03. The minimum absolute atomic E-state index is 0.655. The Morgan fingerprint density at radius 2 is 0.445 bits per heavy atom. The number of hydrogen-bond donors (Lipinski definition) is 0. The van der Waals surface area contributed by atoms with Gasteiger partial charge in [-0.2, -0.15) is 0 Å². The van der Waals surface area contributed by atoms with Crippen LogP contribution in [0, 0.1) is 0 Å². The van der Waals surface area contributed by atoms with Crippen LogP contribution in [0.5, 0.6) is 0 Å². The molecule has 0 saturated heterocycles. The summed E-state index contributed by atoms with van der Waals surface area (Å²) < 4.78 is 9.22. The van der Waals surface area contributed by atoms with Crippen LogP contribution < -0.4 is 0 Å². The average Bonchev–Trinajstić information content (AvgIpc) is 1.56. The normalized spacial score (nSPS) is 11.8. The quantitative estimate of drug-likeness (QED) is 0.144. The van der Waals surface area contributed by atoms with Gasteiger partial charge in [-0.25, -0.2) is 19.9 Å². The first-order valence-corrected chi connectivity index (χ1v) is 37.4. The standard InChI is InChI=1S/C54H34N4.C48H30N4/c1-3-13-35(14-4-1)36-23-26-38(27-24-36)53-43-18-7-10-20-47(43)55-54(56-53)58-49-22-12-9-19-44(49)52-45-33-39(28-25-37(45)29-32-51(52)58)40-30-31-50-46(34-40)42-17-8-11-21-48(42)57(50)41-15-5-2-6-16-41;1-3-13-32(14-4-1)47-37-18-7-10-20-41(37)49-48(50-47)52-43-22-12-9-19-38(43)46-39-29-33(24-23-31(39)25-28-45(46)52)34-26-27-44-40(30-34)36-17-8-11-21-42(36)51(44)35-15-5-2-6-16-35/h1-34H;1-30H. The molecule has 0 amide bonds. The van der Waals surface area contributed by atoms with Gasteiger partial charge in [0.15, 0.2) is 0 Å². The van der Waals surface area contributed by atoms with E-state index in [-0.39, 0.29) is 0 Å². The molecule has 0 fully saturated rings. The van der Waals surface area contributed by atoms with E-state index in [1.807, 2.05) is 12.1 Å². The lowest BCUT2D eigenvalue weighted by atomic mass is 9.97. The number of nitrogens with zero attached hydrogens (tertiary/aromatic N) is 8. The summed E-state index contributed by atoms with van der Waals surface area (Å²) in [5.74, 6) is 1.32. The topological polar surface area (TPSA) is 71.3 Å². The van der Waals surface area contributed by atoms with Crippen LogP contribution in [0.15, 0.2) is 388 Å². The van der Waals surface area contributed by atoms with Gasteiger partial charge in [-0.1, -0.05) is 279 Å². The summed E-state index contributed by atoms with van der Waals surface area (Å²) in [6.45, 7) is 0. The summed E-state index contributed by atoms with van der Waals surface area (Å²) in [4.78, 5) is 21.1. The maximum atomic E-state index is 5.39. The van der Waals surface area contributed by atoms with Crippen molar-refractivity contribution in [3.63, 3.8) is 0 Å². The molecule has 0 aliphatic rings. The van der Waals surface area contributed by atoms with Crippen molar-refractivity contribution in [3.8, 4) is 79.2 Å². The van der Waals surface area contributed by atoms with E-state index in [1.165, 1.54) is 120 Å². The smallest absolute Gasteiger partial charge is 0.235 e. The largest absolute Gasteiger partial charge is 0.309 e. The third kappa shape index (κ3) is 10.1.